The second-order valence-corrected chi connectivity index (χ2v) is 2.58. The van der Waals surface area contributed by atoms with Crippen molar-refractivity contribution < 1.29 is 9.53 Å². The summed E-state index contributed by atoms with van der Waals surface area (Å²) < 4.78 is 4.64. The normalized spacial score (nSPS) is 9.27. The number of aromatic nitrogens is 1. The summed E-state index contributed by atoms with van der Waals surface area (Å²) in [6.07, 6.45) is 1.45. The molecule has 0 radical (unpaired) electrons. The molecule has 0 fully saturated rings. The van der Waals surface area contributed by atoms with Gasteiger partial charge >= 0.3 is 0 Å². The molecule has 1 aromatic rings. The third-order valence-electron chi connectivity index (χ3n) is 1.17. The Hall–Kier alpha value is -0.900. The molecule has 1 aromatic heterocycles. The summed E-state index contributed by atoms with van der Waals surface area (Å²) in [5, 5.41) is 0. The zero-order chi connectivity index (χ0) is 8.27. The Kier molecular flexibility index (Phi) is 2.59. The van der Waals surface area contributed by atoms with Gasteiger partial charge in [-0.15, -0.1) is 0 Å². The maximum absolute atomic E-state index is 10.7. The molecule has 0 aliphatic rings. The predicted molar refractivity (Wildman–Crippen MR) is 44.0 cm³/mol. The second kappa shape index (κ2) is 3.48. The van der Waals surface area contributed by atoms with Crippen LogP contribution in [0, 0.1) is 0 Å². The molecule has 0 unspecified atom stereocenters. The van der Waals surface area contributed by atoms with Crippen molar-refractivity contribution in [1.29, 1.82) is 0 Å². The summed E-state index contributed by atoms with van der Waals surface area (Å²) in [5.74, 6) is 0.502. The highest BCUT2D eigenvalue weighted by molar-refractivity contribution is 9.18. The average molecular weight is 216 g/mol. The number of ether oxygens (including phenoxy) is 1. The molecule has 0 atom stereocenters. The number of pyridine rings is 1. The first-order valence-electron chi connectivity index (χ1n) is 2.94. The maximum atomic E-state index is 10.7. The van der Waals surface area contributed by atoms with Gasteiger partial charge in [0.2, 0.25) is 10.6 Å². The van der Waals surface area contributed by atoms with Crippen LogP contribution in [0.5, 0.6) is 5.88 Å². The van der Waals surface area contributed by atoms with Crippen LogP contribution < -0.4 is 4.74 Å². The van der Waals surface area contributed by atoms with Crippen LogP contribution in [-0.2, 0) is 0 Å². The van der Waals surface area contributed by atoms with Crippen LogP contribution in [0.15, 0.2) is 18.3 Å². The Morgan fingerprint density at radius 1 is 1.64 bits per heavy atom. The Balaban J connectivity index is 2.91. The lowest BCUT2D eigenvalue weighted by atomic mass is 10.3. The SMILES string of the molecule is COc1ccc(C(=O)Br)cn1. The standard InChI is InChI=1S/C7H6BrNO2/c1-11-6-3-2-5(4-9-6)7(8)10/h2-4H,1H3. The van der Waals surface area contributed by atoms with Gasteiger partial charge in [0.1, 0.15) is 0 Å². The van der Waals surface area contributed by atoms with Crippen molar-refractivity contribution in [1.82, 2.24) is 4.98 Å². The number of rotatable bonds is 2. The van der Waals surface area contributed by atoms with Gasteiger partial charge in [0.05, 0.1) is 7.11 Å². The number of nitrogens with zero attached hydrogens (tertiary/aromatic N) is 1. The molecule has 3 nitrogen and oxygen atoms in total. The second-order valence-electron chi connectivity index (χ2n) is 1.86. The highest BCUT2D eigenvalue weighted by Gasteiger charge is 2.00. The molecule has 0 amide bonds. The van der Waals surface area contributed by atoms with Gasteiger partial charge in [-0.25, -0.2) is 4.98 Å². The predicted octanol–water partition coefficient (Wildman–Crippen LogP) is 1.63. The first-order valence-corrected chi connectivity index (χ1v) is 3.73. The molecule has 0 saturated heterocycles. The van der Waals surface area contributed by atoms with Crippen LogP contribution in [-0.4, -0.2) is 16.8 Å². The van der Waals surface area contributed by atoms with Crippen molar-refractivity contribution in [3.8, 4) is 5.88 Å². The van der Waals surface area contributed by atoms with E-state index in [1.165, 1.54) is 13.3 Å². The minimum absolute atomic E-state index is 0.173. The number of carbonyl (C=O) groups is 1. The molecule has 0 spiro atoms. The Bertz CT molecular complexity index is 258. The average Bonchev–Trinajstić information content (AvgIpc) is 2.05. The maximum Gasteiger partial charge on any atom is 0.229 e. The van der Waals surface area contributed by atoms with Gasteiger partial charge in [-0.2, -0.15) is 0 Å². The van der Waals surface area contributed by atoms with Crippen LogP contribution in [0.25, 0.3) is 0 Å². The van der Waals surface area contributed by atoms with Crippen molar-refractivity contribution in [3.63, 3.8) is 0 Å². The van der Waals surface area contributed by atoms with E-state index < -0.39 is 0 Å². The Morgan fingerprint density at radius 3 is 2.73 bits per heavy atom. The topological polar surface area (TPSA) is 39.2 Å². The van der Waals surface area contributed by atoms with E-state index in [0.717, 1.165) is 0 Å². The van der Waals surface area contributed by atoms with E-state index in [9.17, 15) is 4.79 Å². The van der Waals surface area contributed by atoms with Gasteiger partial charge in [0, 0.05) is 17.8 Å². The molecule has 0 saturated carbocycles. The quantitative estimate of drug-likeness (QED) is 0.705. The minimum atomic E-state index is -0.173. The zero-order valence-corrected chi connectivity index (χ0v) is 7.46. The van der Waals surface area contributed by atoms with Crippen molar-refractivity contribution in [2.75, 3.05) is 7.11 Å². The third-order valence-corrected chi connectivity index (χ3v) is 1.63. The van der Waals surface area contributed by atoms with Crippen molar-refractivity contribution >= 4 is 20.6 Å². The fourth-order valence-corrected chi connectivity index (χ4v) is 0.852. The van der Waals surface area contributed by atoms with Gasteiger partial charge < -0.3 is 4.74 Å². The lowest BCUT2D eigenvalue weighted by molar-refractivity contribution is 0.109. The highest BCUT2D eigenvalue weighted by atomic mass is 79.9. The number of halogens is 1. The fourth-order valence-electron chi connectivity index (χ4n) is 0.617. The number of carbonyl (C=O) groups excluding carboxylic acids is 1. The number of hydrogen-bond acceptors (Lipinski definition) is 3. The van der Waals surface area contributed by atoms with Crippen molar-refractivity contribution in [3.05, 3.63) is 23.9 Å². The molecule has 0 aliphatic heterocycles. The Labute approximate surface area is 72.5 Å². The van der Waals surface area contributed by atoms with Gasteiger partial charge in [-0.05, 0) is 22.0 Å². The fraction of sp³-hybridized carbons (Fsp3) is 0.143. The van der Waals surface area contributed by atoms with Crippen LogP contribution >= 0.6 is 15.9 Å². The summed E-state index contributed by atoms with van der Waals surface area (Å²) in [6.45, 7) is 0. The van der Waals surface area contributed by atoms with E-state index >= 15 is 0 Å². The summed E-state index contributed by atoms with van der Waals surface area (Å²) >= 11 is 2.81. The first kappa shape index (κ1) is 8.20. The molecular weight excluding hydrogens is 210 g/mol. The number of methoxy groups -OCH3 is 1. The molecule has 0 bridgehead atoms. The van der Waals surface area contributed by atoms with Crippen molar-refractivity contribution in [2.24, 2.45) is 0 Å². The molecule has 58 valence electrons. The van der Waals surface area contributed by atoms with E-state index in [1.807, 2.05) is 0 Å². The largest absolute Gasteiger partial charge is 0.481 e. The molecule has 0 aliphatic carbocycles. The lowest BCUT2D eigenvalue weighted by Gasteiger charge is -1.96. The van der Waals surface area contributed by atoms with Crippen LogP contribution in [0.2, 0.25) is 0 Å². The van der Waals surface area contributed by atoms with Crippen LogP contribution in [0.1, 0.15) is 10.4 Å². The Morgan fingerprint density at radius 2 is 2.36 bits per heavy atom. The molecule has 4 heteroatoms. The van der Waals surface area contributed by atoms with E-state index in [4.69, 9.17) is 4.74 Å². The molecule has 1 heterocycles. The first-order chi connectivity index (χ1) is 5.24. The molecule has 0 aromatic carbocycles. The van der Waals surface area contributed by atoms with Crippen molar-refractivity contribution in [2.45, 2.75) is 0 Å². The summed E-state index contributed by atoms with van der Waals surface area (Å²) in [5.41, 5.74) is 0.519. The third kappa shape index (κ3) is 2.01. The molecular formula is C7H6BrNO2. The smallest absolute Gasteiger partial charge is 0.229 e. The van der Waals surface area contributed by atoms with E-state index in [1.54, 1.807) is 12.1 Å². The van der Waals surface area contributed by atoms with Crippen LogP contribution in [0.4, 0.5) is 0 Å². The summed E-state index contributed by atoms with van der Waals surface area (Å²) in [6, 6.07) is 3.28. The van der Waals surface area contributed by atoms with Gasteiger partial charge in [0.15, 0.2) is 0 Å². The zero-order valence-electron chi connectivity index (χ0n) is 5.87. The monoisotopic (exact) mass is 215 g/mol. The van der Waals surface area contributed by atoms with E-state index in [0.29, 0.717) is 11.4 Å². The molecule has 1 rings (SSSR count). The highest BCUT2D eigenvalue weighted by Crippen LogP contribution is 2.08. The summed E-state index contributed by atoms with van der Waals surface area (Å²) in [7, 11) is 1.53. The summed E-state index contributed by atoms with van der Waals surface area (Å²) in [4.78, 5) is 14.5. The van der Waals surface area contributed by atoms with E-state index in [2.05, 4.69) is 20.9 Å². The minimum Gasteiger partial charge on any atom is -0.481 e. The van der Waals surface area contributed by atoms with Gasteiger partial charge in [-0.3, -0.25) is 4.79 Å². The number of hydrogen-bond donors (Lipinski definition) is 0. The van der Waals surface area contributed by atoms with E-state index in [-0.39, 0.29) is 4.69 Å². The molecule has 0 N–H and O–H groups in total. The van der Waals surface area contributed by atoms with Gasteiger partial charge in [0.25, 0.3) is 0 Å². The van der Waals surface area contributed by atoms with Crippen LogP contribution in [0.3, 0.4) is 0 Å². The lowest BCUT2D eigenvalue weighted by Crippen LogP contribution is -1.91. The molecule has 11 heavy (non-hydrogen) atoms. The van der Waals surface area contributed by atoms with Gasteiger partial charge in [-0.1, -0.05) is 0 Å².